The molecule has 0 radical (unpaired) electrons. The van der Waals surface area contributed by atoms with E-state index in [1.54, 1.807) is 0 Å². The first-order valence-electron chi connectivity index (χ1n) is 6.77. The molecule has 0 bridgehead atoms. The van der Waals surface area contributed by atoms with Gasteiger partial charge in [0.15, 0.2) is 0 Å². The van der Waals surface area contributed by atoms with Crippen LogP contribution >= 0.6 is 0 Å². The molecule has 1 heterocycles. The summed E-state index contributed by atoms with van der Waals surface area (Å²) >= 11 is 0. The Bertz CT molecular complexity index is 926. The molecule has 3 rings (SSSR count). The van der Waals surface area contributed by atoms with Gasteiger partial charge in [0.25, 0.3) is 5.91 Å². The maximum Gasteiger partial charge on any atom is 0.416 e. The van der Waals surface area contributed by atoms with Crippen LogP contribution in [0.3, 0.4) is 0 Å². The zero-order chi connectivity index (χ0) is 17.3. The molecule has 8 heteroatoms. The molecule has 0 aliphatic heterocycles. The molecule has 2 aromatic carbocycles. The van der Waals surface area contributed by atoms with E-state index in [1.165, 1.54) is 36.5 Å². The maximum atomic E-state index is 12.7. The zero-order valence-electron chi connectivity index (χ0n) is 12.0. The fraction of sp³-hybridized carbons (Fsp3) is 0.0625. The number of aromatic hydroxyl groups is 1. The summed E-state index contributed by atoms with van der Waals surface area (Å²) in [6.45, 7) is 0. The molecule has 5 nitrogen and oxygen atoms in total. The summed E-state index contributed by atoms with van der Waals surface area (Å²) in [4.78, 5) is 12.2. The minimum Gasteiger partial charge on any atom is -0.492 e. The van der Waals surface area contributed by atoms with Crippen molar-refractivity contribution in [1.82, 2.24) is 10.2 Å². The Kier molecular flexibility index (Phi) is 3.80. The third-order valence-corrected chi connectivity index (χ3v) is 3.35. The second kappa shape index (κ2) is 5.80. The van der Waals surface area contributed by atoms with Crippen molar-refractivity contribution < 1.29 is 23.1 Å². The first kappa shape index (κ1) is 15.7. The molecule has 0 spiro atoms. The van der Waals surface area contributed by atoms with Gasteiger partial charge in [-0.3, -0.25) is 4.79 Å². The van der Waals surface area contributed by atoms with Crippen molar-refractivity contribution in [1.29, 1.82) is 0 Å². The predicted octanol–water partition coefficient (Wildman–Crippen LogP) is 3.61. The van der Waals surface area contributed by atoms with E-state index in [2.05, 4.69) is 15.5 Å². The summed E-state index contributed by atoms with van der Waals surface area (Å²) in [5, 5.41) is 19.9. The fourth-order valence-corrected chi connectivity index (χ4v) is 2.19. The highest BCUT2D eigenvalue weighted by Crippen LogP contribution is 2.31. The number of halogens is 3. The lowest BCUT2D eigenvalue weighted by molar-refractivity contribution is -0.137. The van der Waals surface area contributed by atoms with Gasteiger partial charge in [-0.2, -0.15) is 18.3 Å². The van der Waals surface area contributed by atoms with E-state index in [0.29, 0.717) is 10.8 Å². The summed E-state index contributed by atoms with van der Waals surface area (Å²) in [6, 6.07) is 8.75. The number of rotatable bonds is 2. The summed E-state index contributed by atoms with van der Waals surface area (Å²) in [7, 11) is 0. The molecule has 1 aromatic heterocycles. The number of amides is 1. The van der Waals surface area contributed by atoms with Crippen LogP contribution < -0.4 is 5.32 Å². The normalized spacial score (nSPS) is 11.5. The van der Waals surface area contributed by atoms with Crippen molar-refractivity contribution in [2.24, 2.45) is 0 Å². The maximum absolute atomic E-state index is 12.7. The number of nitrogens with one attached hydrogen (secondary N) is 1. The average molecular weight is 333 g/mol. The Balaban J connectivity index is 1.88. The lowest BCUT2D eigenvalue weighted by atomic mass is 10.1. The summed E-state index contributed by atoms with van der Waals surface area (Å²) in [5.74, 6) is -0.843. The van der Waals surface area contributed by atoms with Gasteiger partial charge in [0, 0.05) is 22.0 Å². The third kappa shape index (κ3) is 3.12. The fourth-order valence-electron chi connectivity index (χ4n) is 2.19. The number of fused-ring (bicyclic) bond motifs is 1. The minimum absolute atomic E-state index is 0.0330. The minimum atomic E-state index is -4.49. The molecule has 0 saturated carbocycles. The number of alkyl halides is 3. The molecular formula is C16H10F3N3O2. The summed E-state index contributed by atoms with van der Waals surface area (Å²) in [6.07, 6.45) is -3.12. The topological polar surface area (TPSA) is 75.1 Å². The molecule has 2 N–H and O–H groups in total. The number of aromatic nitrogens is 2. The number of hydrogen-bond acceptors (Lipinski definition) is 4. The highest BCUT2D eigenvalue weighted by Gasteiger charge is 2.30. The molecule has 0 aliphatic rings. The van der Waals surface area contributed by atoms with Crippen molar-refractivity contribution in [3.05, 3.63) is 59.8 Å². The van der Waals surface area contributed by atoms with E-state index in [1.807, 2.05) is 0 Å². The lowest BCUT2D eigenvalue weighted by Gasteiger charge is -2.10. The van der Waals surface area contributed by atoms with Gasteiger partial charge < -0.3 is 10.4 Å². The van der Waals surface area contributed by atoms with Crippen molar-refractivity contribution in [2.45, 2.75) is 6.18 Å². The smallest absolute Gasteiger partial charge is 0.416 e. The van der Waals surface area contributed by atoms with Gasteiger partial charge in [-0.05, 0) is 36.4 Å². The number of carbonyl (C=O) groups is 1. The van der Waals surface area contributed by atoms with Gasteiger partial charge in [0.2, 0.25) is 5.88 Å². The second-order valence-electron chi connectivity index (χ2n) is 5.00. The van der Waals surface area contributed by atoms with E-state index in [4.69, 9.17) is 0 Å². The highest BCUT2D eigenvalue weighted by atomic mass is 19.4. The quantitative estimate of drug-likeness (QED) is 0.751. The van der Waals surface area contributed by atoms with E-state index < -0.39 is 17.6 Å². The molecule has 0 unspecified atom stereocenters. The number of nitrogens with zero attached hydrogens (tertiary/aromatic N) is 2. The molecule has 122 valence electrons. The third-order valence-electron chi connectivity index (χ3n) is 3.35. The molecule has 0 fully saturated rings. The Morgan fingerprint density at radius 2 is 1.92 bits per heavy atom. The lowest BCUT2D eigenvalue weighted by Crippen LogP contribution is -2.13. The van der Waals surface area contributed by atoms with E-state index in [9.17, 15) is 23.1 Å². The van der Waals surface area contributed by atoms with E-state index in [0.717, 1.165) is 12.1 Å². The predicted molar refractivity (Wildman–Crippen MR) is 80.6 cm³/mol. The largest absolute Gasteiger partial charge is 0.492 e. The number of hydrogen-bond donors (Lipinski definition) is 2. The number of benzene rings is 2. The van der Waals surface area contributed by atoms with Crippen molar-refractivity contribution in [2.75, 3.05) is 5.32 Å². The van der Waals surface area contributed by atoms with Crippen LogP contribution in [0.1, 0.15) is 15.9 Å². The van der Waals surface area contributed by atoms with Gasteiger partial charge in [-0.1, -0.05) is 6.07 Å². The van der Waals surface area contributed by atoms with Crippen molar-refractivity contribution in [3.63, 3.8) is 0 Å². The van der Waals surface area contributed by atoms with Crippen LogP contribution in [-0.4, -0.2) is 21.2 Å². The molecular weight excluding hydrogens is 323 g/mol. The second-order valence-corrected chi connectivity index (χ2v) is 5.00. The van der Waals surface area contributed by atoms with Crippen LogP contribution in [0.2, 0.25) is 0 Å². The molecule has 0 saturated heterocycles. The Labute approximate surface area is 133 Å². The van der Waals surface area contributed by atoms with Crippen molar-refractivity contribution >= 4 is 22.4 Å². The standard InChI is InChI=1S/C16H10F3N3O2/c17-16(18,19)11-2-1-3-12(7-11)21-14(23)9-4-5-13-10(6-9)8-20-22-15(13)24/h1-8H,(H,21,23)(H,22,24). The Morgan fingerprint density at radius 1 is 1.12 bits per heavy atom. The summed E-state index contributed by atoms with van der Waals surface area (Å²) < 4.78 is 38.1. The van der Waals surface area contributed by atoms with Crippen LogP contribution in [0.15, 0.2) is 48.7 Å². The van der Waals surface area contributed by atoms with Crippen LogP contribution in [0.5, 0.6) is 5.88 Å². The first-order chi connectivity index (χ1) is 11.3. The Hall–Kier alpha value is -3.16. The molecule has 0 atom stereocenters. The first-order valence-corrected chi connectivity index (χ1v) is 6.77. The SMILES string of the molecule is O=C(Nc1cccc(C(F)(F)F)c1)c1ccc2c(O)nncc2c1. The highest BCUT2D eigenvalue weighted by molar-refractivity contribution is 6.06. The number of carbonyl (C=O) groups excluding carboxylic acids is 1. The van der Waals surface area contributed by atoms with Gasteiger partial charge in [-0.15, -0.1) is 5.10 Å². The molecule has 1 amide bonds. The average Bonchev–Trinajstić information content (AvgIpc) is 2.54. The van der Waals surface area contributed by atoms with Gasteiger partial charge in [0.05, 0.1) is 11.8 Å². The zero-order valence-corrected chi connectivity index (χ0v) is 12.0. The van der Waals surface area contributed by atoms with Crippen LogP contribution in [0, 0.1) is 0 Å². The monoisotopic (exact) mass is 333 g/mol. The van der Waals surface area contributed by atoms with Crippen LogP contribution in [0.25, 0.3) is 10.8 Å². The van der Waals surface area contributed by atoms with Gasteiger partial charge in [0.1, 0.15) is 0 Å². The van der Waals surface area contributed by atoms with Crippen molar-refractivity contribution in [3.8, 4) is 5.88 Å². The van der Waals surface area contributed by atoms with Gasteiger partial charge >= 0.3 is 6.18 Å². The van der Waals surface area contributed by atoms with E-state index >= 15 is 0 Å². The van der Waals surface area contributed by atoms with Crippen LogP contribution in [-0.2, 0) is 6.18 Å². The van der Waals surface area contributed by atoms with Crippen LogP contribution in [0.4, 0.5) is 18.9 Å². The molecule has 24 heavy (non-hydrogen) atoms. The summed E-state index contributed by atoms with van der Waals surface area (Å²) in [5.41, 5.74) is -0.600. The molecule has 3 aromatic rings. The van der Waals surface area contributed by atoms with Gasteiger partial charge in [-0.25, -0.2) is 0 Å². The molecule has 0 aliphatic carbocycles. The number of anilines is 1. The van der Waals surface area contributed by atoms with E-state index in [-0.39, 0.29) is 17.1 Å². The Morgan fingerprint density at radius 3 is 2.67 bits per heavy atom.